The molecule has 1 aromatic heterocycles. The maximum Gasteiger partial charge on any atom is 0.343 e. The predicted octanol–water partition coefficient (Wildman–Crippen LogP) is 2.38. The second kappa shape index (κ2) is 7.40. The minimum Gasteiger partial charge on any atom is -0.325 e. The van der Waals surface area contributed by atoms with Crippen molar-refractivity contribution in [1.29, 1.82) is 0 Å². The third-order valence-corrected chi connectivity index (χ3v) is 4.10. The molecule has 0 spiro atoms. The molecule has 2 aromatic rings. The lowest BCUT2D eigenvalue weighted by atomic mass is 10.3. The lowest BCUT2D eigenvalue weighted by molar-refractivity contribution is -0.115. The van der Waals surface area contributed by atoms with Gasteiger partial charge in [0.2, 0.25) is 5.91 Å². The predicted molar refractivity (Wildman–Crippen MR) is 83.4 cm³/mol. The van der Waals surface area contributed by atoms with Crippen LogP contribution >= 0.6 is 11.8 Å². The van der Waals surface area contributed by atoms with Gasteiger partial charge >= 0.3 is 5.69 Å². The quantitative estimate of drug-likeness (QED) is 0.790. The van der Waals surface area contributed by atoms with Crippen LogP contribution < -0.4 is 11.0 Å². The third kappa shape index (κ3) is 4.19. The third-order valence-electron chi connectivity index (χ3n) is 3.01. The van der Waals surface area contributed by atoms with Crippen LogP contribution in [0.25, 0.3) is 0 Å². The largest absolute Gasteiger partial charge is 0.343 e. The van der Waals surface area contributed by atoms with E-state index < -0.39 is 22.8 Å². The highest BCUT2D eigenvalue weighted by Gasteiger charge is 2.19. The van der Waals surface area contributed by atoms with Gasteiger partial charge in [-0.15, -0.1) is 5.10 Å². The Morgan fingerprint density at radius 3 is 2.83 bits per heavy atom. The van der Waals surface area contributed by atoms with Crippen molar-refractivity contribution in [2.75, 3.05) is 5.32 Å². The van der Waals surface area contributed by atoms with E-state index in [0.29, 0.717) is 11.7 Å². The maximum absolute atomic E-state index is 13.1. The standard InChI is InChI=1S/C14H16F2N4O2S/c1-3-6-20-13(22)18-19-14(20)23-8(2)12(21)17-9-4-5-10(15)11(16)7-9/h4-5,7-8H,3,6H2,1-2H3,(H,17,21)(H,18,22)/t8-/m0/s1. The summed E-state index contributed by atoms with van der Waals surface area (Å²) in [4.78, 5) is 23.7. The molecule has 0 aliphatic rings. The summed E-state index contributed by atoms with van der Waals surface area (Å²) in [6.07, 6.45) is 0.752. The summed E-state index contributed by atoms with van der Waals surface area (Å²) < 4.78 is 27.5. The Bertz CT molecular complexity index is 759. The zero-order valence-electron chi connectivity index (χ0n) is 12.6. The van der Waals surface area contributed by atoms with Crippen molar-refractivity contribution in [3.8, 4) is 0 Å². The van der Waals surface area contributed by atoms with Crippen molar-refractivity contribution < 1.29 is 13.6 Å². The van der Waals surface area contributed by atoms with Crippen molar-refractivity contribution >= 4 is 23.4 Å². The molecule has 0 saturated carbocycles. The summed E-state index contributed by atoms with van der Waals surface area (Å²) >= 11 is 1.11. The lowest BCUT2D eigenvalue weighted by Gasteiger charge is -2.12. The van der Waals surface area contributed by atoms with Gasteiger partial charge in [0.25, 0.3) is 0 Å². The molecule has 23 heavy (non-hydrogen) atoms. The molecule has 2 rings (SSSR count). The Labute approximate surface area is 135 Å². The zero-order chi connectivity index (χ0) is 17.0. The molecule has 1 amide bonds. The van der Waals surface area contributed by atoms with Crippen LogP contribution in [0.3, 0.4) is 0 Å². The molecule has 0 aliphatic carbocycles. The first kappa shape index (κ1) is 17.2. The molecule has 1 atom stereocenters. The second-order valence-corrected chi connectivity index (χ2v) is 6.15. The Kier molecular flexibility index (Phi) is 5.54. The average molecular weight is 342 g/mol. The van der Waals surface area contributed by atoms with Crippen LogP contribution in [0, 0.1) is 11.6 Å². The smallest absolute Gasteiger partial charge is 0.325 e. The molecule has 9 heteroatoms. The number of carbonyl (C=O) groups is 1. The summed E-state index contributed by atoms with van der Waals surface area (Å²) in [5, 5.41) is 8.56. The van der Waals surface area contributed by atoms with E-state index in [1.54, 1.807) is 6.92 Å². The van der Waals surface area contributed by atoms with E-state index in [1.807, 2.05) is 6.92 Å². The van der Waals surface area contributed by atoms with Gasteiger partial charge in [-0.2, -0.15) is 0 Å². The van der Waals surface area contributed by atoms with Crippen LogP contribution in [0.15, 0.2) is 28.2 Å². The number of aromatic nitrogens is 3. The Hall–Kier alpha value is -2.16. The Morgan fingerprint density at radius 1 is 1.43 bits per heavy atom. The number of rotatable bonds is 6. The van der Waals surface area contributed by atoms with Gasteiger partial charge in [-0.25, -0.2) is 18.7 Å². The number of amides is 1. The molecule has 0 saturated heterocycles. The number of nitrogens with one attached hydrogen (secondary N) is 2. The molecular formula is C14H16F2N4O2S. The first-order valence-electron chi connectivity index (χ1n) is 7.00. The zero-order valence-corrected chi connectivity index (χ0v) is 13.4. The maximum atomic E-state index is 13.1. The number of hydrogen-bond acceptors (Lipinski definition) is 4. The topological polar surface area (TPSA) is 79.8 Å². The Morgan fingerprint density at radius 2 is 2.17 bits per heavy atom. The van der Waals surface area contributed by atoms with E-state index in [9.17, 15) is 18.4 Å². The number of thioether (sulfide) groups is 1. The minimum absolute atomic E-state index is 0.161. The van der Waals surface area contributed by atoms with Crippen molar-refractivity contribution in [2.45, 2.75) is 37.2 Å². The highest BCUT2D eigenvalue weighted by molar-refractivity contribution is 8.00. The number of hydrogen-bond donors (Lipinski definition) is 2. The van der Waals surface area contributed by atoms with E-state index in [0.717, 1.165) is 30.3 Å². The molecule has 2 N–H and O–H groups in total. The van der Waals surface area contributed by atoms with Gasteiger partial charge < -0.3 is 5.32 Å². The van der Waals surface area contributed by atoms with E-state index in [1.165, 1.54) is 10.6 Å². The number of nitrogens with zero attached hydrogens (tertiary/aromatic N) is 2. The molecule has 0 bridgehead atoms. The summed E-state index contributed by atoms with van der Waals surface area (Å²) in [7, 11) is 0. The second-order valence-electron chi connectivity index (χ2n) is 4.84. The molecule has 0 radical (unpaired) electrons. The first-order valence-corrected chi connectivity index (χ1v) is 7.88. The van der Waals surface area contributed by atoms with Crippen LogP contribution in [0.2, 0.25) is 0 Å². The highest BCUT2D eigenvalue weighted by Crippen LogP contribution is 2.22. The number of H-pyrrole nitrogens is 1. The van der Waals surface area contributed by atoms with Gasteiger partial charge in [0.05, 0.1) is 5.25 Å². The van der Waals surface area contributed by atoms with Gasteiger partial charge in [0.1, 0.15) is 0 Å². The number of anilines is 1. The SMILES string of the molecule is CCCn1c(S[C@@H](C)C(=O)Nc2ccc(F)c(F)c2)n[nH]c1=O. The van der Waals surface area contributed by atoms with Gasteiger partial charge in [-0.3, -0.25) is 9.36 Å². The molecule has 1 aromatic carbocycles. The first-order chi connectivity index (χ1) is 10.9. The van der Waals surface area contributed by atoms with Gasteiger partial charge in [0.15, 0.2) is 16.8 Å². The van der Waals surface area contributed by atoms with Crippen LogP contribution in [0.5, 0.6) is 0 Å². The number of aromatic amines is 1. The molecular weight excluding hydrogens is 326 g/mol. The number of benzene rings is 1. The normalized spacial score (nSPS) is 12.2. The van der Waals surface area contributed by atoms with Gasteiger partial charge in [0, 0.05) is 18.3 Å². The molecule has 6 nitrogen and oxygen atoms in total. The highest BCUT2D eigenvalue weighted by atomic mass is 32.2. The summed E-state index contributed by atoms with van der Waals surface area (Å²) in [5.74, 6) is -2.42. The van der Waals surface area contributed by atoms with Gasteiger partial charge in [-0.05, 0) is 25.5 Å². The van der Waals surface area contributed by atoms with Crippen LogP contribution in [0.1, 0.15) is 20.3 Å². The van der Waals surface area contributed by atoms with Crippen molar-refractivity contribution in [1.82, 2.24) is 14.8 Å². The fourth-order valence-electron chi connectivity index (χ4n) is 1.84. The van der Waals surface area contributed by atoms with E-state index >= 15 is 0 Å². The Balaban J connectivity index is 2.05. The molecule has 124 valence electrons. The molecule has 0 unspecified atom stereocenters. The van der Waals surface area contributed by atoms with Crippen LogP contribution in [-0.4, -0.2) is 25.9 Å². The molecule has 1 heterocycles. The minimum atomic E-state index is -1.04. The van der Waals surface area contributed by atoms with Crippen molar-refractivity contribution in [3.05, 3.63) is 40.3 Å². The molecule has 0 aliphatic heterocycles. The van der Waals surface area contributed by atoms with E-state index in [-0.39, 0.29) is 11.4 Å². The number of halogens is 2. The van der Waals surface area contributed by atoms with Gasteiger partial charge in [-0.1, -0.05) is 18.7 Å². The van der Waals surface area contributed by atoms with Crippen LogP contribution in [-0.2, 0) is 11.3 Å². The van der Waals surface area contributed by atoms with Crippen molar-refractivity contribution in [3.63, 3.8) is 0 Å². The van der Waals surface area contributed by atoms with Crippen LogP contribution in [0.4, 0.5) is 14.5 Å². The fraction of sp³-hybridized carbons (Fsp3) is 0.357. The van der Waals surface area contributed by atoms with Crippen molar-refractivity contribution in [2.24, 2.45) is 0 Å². The summed E-state index contributed by atoms with van der Waals surface area (Å²) in [6.45, 7) is 4.05. The summed E-state index contributed by atoms with van der Waals surface area (Å²) in [6, 6.07) is 3.12. The fourth-order valence-corrected chi connectivity index (χ4v) is 2.73. The lowest BCUT2D eigenvalue weighted by Crippen LogP contribution is -2.24. The number of carbonyl (C=O) groups excluding carboxylic acids is 1. The average Bonchev–Trinajstić information content (AvgIpc) is 2.84. The van der Waals surface area contributed by atoms with E-state index in [2.05, 4.69) is 15.5 Å². The van der Waals surface area contributed by atoms with E-state index in [4.69, 9.17) is 0 Å². The monoisotopic (exact) mass is 342 g/mol. The summed E-state index contributed by atoms with van der Waals surface area (Å²) in [5.41, 5.74) is -0.170. The molecule has 0 fully saturated rings.